The average Bonchev–Trinajstić information content (AvgIpc) is 3.08. The van der Waals surface area contributed by atoms with E-state index >= 15 is 0 Å². The van der Waals surface area contributed by atoms with Gasteiger partial charge < -0.3 is 9.47 Å². The van der Waals surface area contributed by atoms with Crippen LogP contribution in [0.15, 0.2) is 35.1 Å². The summed E-state index contributed by atoms with van der Waals surface area (Å²) in [6.45, 7) is 9.45. The van der Waals surface area contributed by atoms with Gasteiger partial charge in [-0.2, -0.15) is 5.26 Å². The van der Waals surface area contributed by atoms with Gasteiger partial charge in [-0.05, 0) is 97.2 Å². The molecule has 0 aliphatic heterocycles. The zero-order valence-corrected chi connectivity index (χ0v) is 19.6. The molecule has 0 aromatic carbocycles. The first-order chi connectivity index (χ1) is 14.8. The molecule has 2 saturated carbocycles. The van der Waals surface area contributed by atoms with Gasteiger partial charge in [-0.1, -0.05) is 19.9 Å². The van der Waals surface area contributed by atoms with Crippen LogP contribution in [0.3, 0.4) is 0 Å². The van der Waals surface area contributed by atoms with E-state index in [1.807, 2.05) is 0 Å². The molecule has 6 atom stereocenters. The Bertz CT molecular complexity index is 862. The molecule has 4 nitrogen and oxygen atoms in total. The molecule has 0 saturated heterocycles. The third-order valence-corrected chi connectivity index (χ3v) is 9.20. The number of allylic oxidation sites excluding steroid dienone is 5. The first-order valence-electron chi connectivity index (χ1n) is 12.1. The van der Waals surface area contributed by atoms with E-state index < -0.39 is 0 Å². The van der Waals surface area contributed by atoms with Crippen LogP contribution in [0.5, 0.6) is 0 Å². The fourth-order valence-corrected chi connectivity index (χ4v) is 7.72. The molecule has 0 bridgehead atoms. The molecule has 0 heterocycles. The van der Waals surface area contributed by atoms with Crippen LogP contribution in [0.25, 0.3) is 0 Å². The SMILES string of the molecule is CCOC1=CC2=CC[C@H]3[C@@H]4CC[C@H](C(=CC#N)COC(C)=O)[C@@]4(C)CC[C@@H]3[C@@]2(C)CC1. The van der Waals surface area contributed by atoms with E-state index in [0.29, 0.717) is 17.8 Å². The number of esters is 1. The normalized spacial score (nSPS) is 39.3. The lowest BCUT2D eigenvalue weighted by Crippen LogP contribution is -2.49. The summed E-state index contributed by atoms with van der Waals surface area (Å²) >= 11 is 0. The average molecular weight is 424 g/mol. The number of ether oxygens (including phenoxy) is 2. The summed E-state index contributed by atoms with van der Waals surface area (Å²) in [7, 11) is 0. The van der Waals surface area contributed by atoms with Crippen LogP contribution in [0.2, 0.25) is 0 Å². The highest BCUT2D eigenvalue weighted by atomic mass is 16.5. The van der Waals surface area contributed by atoms with E-state index in [-0.39, 0.29) is 23.4 Å². The van der Waals surface area contributed by atoms with Crippen molar-refractivity contribution >= 4 is 5.97 Å². The smallest absolute Gasteiger partial charge is 0.302 e. The number of carbonyl (C=O) groups excluding carboxylic acids is 1. The number of rotatable bonds is 5. The molecular weight excluding hydrogens is 386 g/mol. The molecule has 4 rings (SSSR count). The lowest BCUT2D eigenvalue weighted by molar-refractivity contribution is -0.140. The predicted octanol–water partition coefficient (Wildman–Crippen LogP) is 6.11. The predicted molar refractivity (Wildman–Crippen MR) is 121 cm³/mol. The van der Waals surface area contributed by atoms with Crippen LogP contribution in [0.4, 0.5) is 0 Å². The minimum absolute atomic E-state index is 0.187. The third-order valence-electron chi connectivity index (χ3n) is 9.20. The molecule has 0 unspecified atom stereocenters. The van der Waals surface area contributed by atoms with Crippen molar-refractivity contribution in [3.63, 3.8) is 0 Å². The van der Waals surface area contributed by atoms with E-state index in [1.165, 1.54) is 38.2 Å². The number of hydrogen-bond donors (Lipinski definition) is 0. The van der Waals surface area contributed by atoms with Crippen LogP contribution in [-0.4, -0.2) is 19.2 Å². The van der Waals surface area contributed by atoms with E-state index in [0.717, 1.165) is 43.1 Å². The molecule has 2 fully saturated rings. The zero-order valence-electron chi connectivity index (χ0n) is 19.6. The molecule has 4 aliphatic carbocycles. The van der Waals surface area contributed by atoms with E-state index in [9.17, 15) is 10.1 Å². The second-order valence-electron chi connectivity index (χ2n) is 10.5. The van der Waals surface area contributed by atoms with Crippen LogP contribution < -0.4 is 0 Å². The Morgan fingerprint density at radius 2 is 2.06 bits per heavy atom. The fraction of sp³-hybridized carbons (Fsp3) is 0.704. The lowest BCUT2D eigenvalue weighted by atomic mass is 9.48. The Labute approximate surface area is 187 Å². The minimum atomic E-state index is -0.276. The van der Waals surface area contributed by atoms with Gasteiger partial charge in [-0.25, -0.2) is 0 Å². The van der Waals surface area contributed by atoms with Crippen molar-refractivity contribution in [2.75, 3.05) is 13.2 Å². The number of nitriles is 1. The molecule has 0 amide bonds. The van der Waals surface area contributed by atoms with Crippen LogP contribution in [0.1, 0.15) is 72.6 Å². The minimum Gasteiger partial charge on any atom is -0.498 e. The van der Waals surface area contributed by atoms with E-state index in [4.69, 9.17) is 9.47 Å². The molecule has 0 radical (unpaired) electrons. The molecule has 4 heteroatoms. The summed E-state index contributed by atoms with van der Waals surface area (Å²) < 4.78 is 11.2. The summed E-state index contributed by atoms with van der Waals surface area (Å²) in [6, 6.07) is 2.21. The Kier molecular flexibility index (Phi) is 6.08. The highest BCUT2D eigenvalue weighted by Gasteiger charge is 2.58. The van der Waals surface area contributed by atoms with Gasteiger partial charge >= 0.3 is 5.97 Å². The quantitative estimate of drug-likeness (QED) is 0.395. The van der Waals surface area contributed by atoms with Crippen LogP contribution >= 0.6 is 0 Å². The van der Waals surface area contributed by atoms with Gasteiger partial charge in [0.15, 0.2) is 0 Å². The van der Waals surface area contributed by atoms with Crippen molar-refractivity contribution < 1.29 is 14.3 Å². The van der Waals surface area contributed by atoms with Gasteiger partial charge in [-0.3, -0.25) is 4.79 Å². The molecule has 0 aromatic heterocycles. The molecule has 0 aromatic rings. The molecule has 0 spiro atoms. The topological polar surface area (TPSA) is 59.3 Å². The highest BCUT2D eigenvalue weighted by molar-refractivity contribution is 5.66. The third kappa shape index (κ3) is 3.75. The van der Waals surface area contributed by atoms with Gasteiger partial charge in [0.25, 0.3) is 0 Å². The van der Waals surface area contributed by atoms with Crippen molar-refractivity contribution in [2.45, 2.75) is 72.6 Å². The summed E-state index contributed by atoms with van der Waals surface area (Å²) in [4.78, 5) is 11.4. The number of carbonyl (C=O) groups is 1. The van der Waals surface area contributed by atoms with Crippen molar-refractivity contribution in [3.8, 4) is 6.07 Å². The van der Waals surface area contributed by atoms with E-state index in [2.05, 4.69) is 39.0 Å². The number of nitrogens with zero attached hydrogens (tertiary/aromatic N) is 1. The highest BCUT2D eigenvalue weighted by Crippen LogP contribution is 2.66. The summed E-state index contributed by atoms with van der Waals surface area (Å²) in [5.74, 6) is 3.32. The van der Waals surface area contributed by atoms with Crippen molar-refractivity contribution in [2.24, 2.45) is 34.5 Å². The Morgan fingerprint density at radius 3 is 2.77 bits per heavy atom. The van der Waals surface area contributed by atoms with Gasteiger partial charge in [0.2, 0.25) is 0 Å². The van der Waals surface area contributed by atoms with Crippen LogP contribution in [0, 0.1) is 45.8 Å². The molecule has 4 aliphatic rings. The Morgan fingerprint density at radius 1 is 1.26 bits per heavy atom. The second kappa shape index (κ2) is 8.49. The maximum atomic E-state index is 11.4. The maximum absolute atomic E-state index is 11.4. The molecular formula is C27H37NO3. The van der Waals surface area contributed by atoms with E-state index in [1.54, 1.807) is 6.08 Å². The lowest BCUT2D eigenvalue weighted by Gasteiger charge is -2.57. The first kappa shape index (κ1) is 22.2. The monoisotopic (exact) mass is 423 g/mol. The maximum Gasteiger partial charge on any atom is 0.302 e. The van der Waals surface area contributed by atoms with Crippen molar-refractivity contribution in [3.05, 3.63) is 35.1 Å². The summed E-state index contributed by atoms with van der Waals surface area (Å²) in [6.07, 6.45) is 14.6. The van der Waals surface area contributed by atoms with Gasteiger partial charge in [0.1, 0.15) is 6.61 Å². The van der Waals surface area contributed by atoms with Crippen molar-refractivity contribution in [1.29, 1.82) is 5.26 Å². The molecule has 168 valence electrons. The van der Waals surface area contributed by atoms with Crippen molar-refractivity contribution in [1.82, 2.24) is 0 Å². The summed E-state index contributed by atoms with van der Waals surface area (Å²) in [5, 5.41) is 9.36. The largest absolute Gasteiger partial charge is 0.498 e. The molecule has 0 N–H and O–H groups in total. The Balaban J connectivity index is 1.59. The first-order valence-corrected chi connectivity index (χ1v) is 12.1. The van der Waals surface area contributed by atoms with Gasteiger partial charge in [0.05, 0.1) is 18.4 Å². The standard InChI is InChI=1S/C27H37NO3/c1-5-30-21-10-13-26(3)20(16-21)6-7-22-24-9-8-23(27(24,4)14-11-25(22)26)19(12-15-28)17-31-18(2)29/h6,12,16,22-25H,5,7-11,13-14,17H2,1-4H3/t22-,23+,24-,25-,26-,27+/m0/s1. The second-order valence-corrected chi connectivity index (χ2v) is 10.5. The van der Waals surface area contributed by atoms with Crippen LogP contribution in [-0.2, 0) is 14.3 Å². The number of fused-ring (bicyclic) bond motifs is 5. The zero-order chi connectivity index (χ0) is 22.2. The summed E-state index contributed by atoms with van der Waals surface area (Å²) in [5.41, 5.74) is 2.96. The number of hydrogen-bond acceptors (Lipinski definition) is 4. The fourth-order valence-electron chi connectivity index (χ4n) is 7.72. The Hall–Kier alpha value is -2.02. The molecule has 31 heavy (non-hydrogen) atoms. The van der Waals surface area contributed by atoms with Gasteiger partial charge in [-0.15, -0.1) is 0 Å². The van der Waals surface area contributed by atoms with Gasteiger partial charge in [0, 0.05) is 19.4 Å².